The standard InChI is InChI=1S/C21H24N2O3/c1-14(2)26-18-10-8-17(9-11-18)23-13-16(12-20(23)24)21(25)22-19-7-5-4-6-15(19)3/h4-11,14,16H,12-13H2,1-3H3,(H,22,25)/t16-/m1/s1. The van der Waals surface area contributed by atoms with Crippen molar-refractivity contribution < 1.29 is 14.3 Å². The minimum Gasteiger partial charge on any atom is -0.491 e. The molecule has 1 heterocycles. The molecule has 0 saturated carbocycles. The normalized spacial score (nSPS) is 16.8. The van der Waals surface area contributed by atoms with Crippen LogP contribution in [0.5, 0.6) is 5.75 Å². The number of aryl methyl sites for hydroxylation is 1. The van der Waals surface area contributed by atoms with E-state index < -0.39 is 0 Å². The van der Waals surface area contributed by atoms with Gasteiger partial charge in [-0.25, -0.2) is 0 Å². The molecule has 1 N–H and O–H groups in total. The maximum atomic E-state index is 12.6. The van der Waals surface area contributed by atoms with Crippen LogP contribution >= 0.6 is 0 Å². The topological polar surface area (TPSA) is 58.6 Å². The van der Waals surface area contributed by atoms with Gasteiger partial charge in [-0.3, -0.25) is 9.59 Å². The Kier molecular flexibility index (Phi) is 5.26. The van der Waals surface area contributed by atoms with E-state index in [9.17, 15) is 9.59 Å². The summed E-state index contributed by atoms with van der Waals surface area (Å²) in [4.78, 5) is 26.6. The number of hydrogen-bond acceptors (Lipinski definition) is 3. The molecule has 2 aromatic carbocycles. The van der Waals surface area contributed by atoms with Crippen LogP contribution in [0.15, 0.2) is 48.5 Å². The number of nitrogens with zero attached hydrogens (tertiary/aromatic N) is 1. The number of amides is 2. The molecule has 2 amide bonds. The van der Waals surface area contributed by atoms with Crippen molar-refractivity contribution in [1.82, 2.24) is 0 Å². The largest absolute Gasteiger partial charge is 0.491 e. The molecule has 1 atom stereocenters. The van der Waals surface area contributed by atoms with Crippen LogP contribution in [0.3, 0.4) is 0 Å². The number of carbonyl (C=O) groups excluding carboxylic acids is 2. The van der Waals surface area contributed by atoms with Gasteiger partial charge in [-0.05, 0) is 56.7 Å². The Balaban J connectivity index is 1.66. The first kappa shape index (κ1) is 18.0. The monoisotopic (exact) mass is 352 g/mol. The molecule has 136 valence electrons. The molecule has 0 spiro atoms. The summed E-state index contributed by atoms with van der Waals surface area (Å²) in [5, 5.41) is 2.94. The van der Waals surface area contributed by atoms with Gasteiger partial charge < -0.3 is 15.0 Å². The molecule has 1 aliphatic rings. The van der Waals surface area contributed by atoms with Crippen molar-refractivity contribution >= 4 is 23.2 Å². The summed E-state index contributed by atoms with van der Waals surface area (Å²) in [7, 11) is 0. The van der Waals surface area contributed by atoms with E-state index in [4.69, 9.17) is 4.74 Å². The first-order valence-electron chi connectivity index (χ1n) is 8.87. The van der Waals surface area contributed by atoms with Crippen molar-refractivity contribution in [1.29, 1.82) is 0 Å². The van der Waals surface area contributed by atoms with Crippen molar-refractivity contribution in [2.75, 3.05) is 16.8 Å². The molecule has 0 bridgehead atoms. The maximum absolute atomic E-state index is 12.6. The molecule has 0 aromatic heterocycles. The van der Waals surface area contributed by atoms with Crippen LogP contribution < -0.4 is 15.0 Å². The van der Waals surface area contributed by atoms with Crippen molar-refractivity contribution in [3.05, 3.63) is 54.1 Å². The SMILES string of the molecule is Cc1ccccc1NC(=O)[C@@H]1CC(=O)N(c2ccc(OC(C)C)cc2)C1. The number of para-hydroxylation sites is 1. The van der Waals surface area contributed by atoms with Gasteiger partial charge in [0.15, 0.2) is 0 Å². The van der Waals surface area contributed by atoms with Gasteiger partial charge in [-0.2, -0.15) is 0 Å². The number of benzene rings is 2. The molecule has 5 heteroatoms. The molecule has 1 fully saturated rings. The zero-order valence-corrected chi connectivity index (χ0v) is 15.4. The highest BCUT2D eigenvalue weighted by Gasteiger charge is 2.35. The predicted octanol–water partition coefficient (Wildman–Crippen LogP) is 3.77. The third-order valence-corrected chi connectivity index (χ3v) is 4.42. The lowest BCUT2D eigenvalue weighted by Crippen LogP contribution is -2.28. The molecule has 2 aromatic rings. The van der Waals surface area contributed by atoms with Gasteiger partial charge in [-0.1, -0.05) is 18.2 Å². The lowest BCUT2D eigenvalue weighted by atomic mass is 10.1. The fraction of sp³-hybridized carbons (Fsp3) is 0.333. The first-order chi connectivity index (χ1) is 12.4. The van der Waals surface area contributed by atoms with Gasteiger partial charge in [0.1, 0.15) is 5.75 Å². The third kappa shape index (κ3) is 4.04. The van der Waals surface area contributed by atoms with E-state index in [0.29, 0.717) is 6.54 Å². The first-order valence-corrected chi connectivity index (χ1v) is 8.87. The second-order valence-corrected chi connectivity index (χ2v) is 6.87. The van der Waals surface area contributed by atoms with Gasteiger partial charge in [0.2, 0.25) is 11.8 Å². The molecule has 0 unspecified atom stereocenters. The summed E-state index contributed by atoms with van der Waals surface area (Å²) in [6.45, 7) is 6.27. The average molecular weight is 352 g/mol. The summed E-state index contributed by atoms with van der Waals surface area (Å²) >= 11 is 0. The summed E-state index contributed by atoms with van der Waals surface area (Å²) in [6, 6.07) is 15.0. The number of rotatable bonds is 5. The third-order valence-electron chi connectivity index (χ3n) is 4.42. The van der Waals surface area contributed by atoms with E-state index >= 15 is 0 Å². The minimum atomic E-state index is -0.353. The van der Waals surface area contributed by atoms with Gasteiger partial charge in [0.05, 0.1) is 12.0 Å². The smallest absolute Gasteiger partial charge is 0.229 e. The van der Waals surface area contributed by atoms with Gasteiger partial charge in [0.25, 0.3) is 0 Å². The Labute approximate surface area is 154 Å². The lowest BCUT2D eigenvalue weighted by molar-refractivity contribution is -0.122. The van der Waals surface area contributed by atoms with E-state index in [1.807, 2.05) is 69.3 Å². The van der Waals surface area contributed by atoms with Crippen LogP contribution in [-0.2, 0) is 9.59 Å². The molecular weight excluding hydrogens is 328 g/mol. The Hall–Kier alpha value is -2.82. The molecule has 5 nitrogen and oxygen atoms in total. The van der Waals surface area contributed by atoms with Gasteiger partial charge >= 0.3 is 0 Å². The fourth-order valence-corrected chi connectivity index (χ4v) is 3.06. The van der Waals surface area contributed by atoms with E-state index in [1.165, 1.54) is 0 Å². The van der Waals surface area contributed by atoms with Crippen molar-refractivity contribution in [3.63, 3.8) is 0 Å². The Bertz CT molecular complexity index is 799. The Morgan fingerprint density at radius 2 is 1.85 bits per heavy atom. The van der Waals surface area contributed by atoms with Crippen LogP contribution in [0.1, 0.15) is 25.8 Å². The zero-order valence-electron chi connectivity index (χ0n) is 15.4. The Morgan fingerprint density at radius 1 is 1.15 bits per heavy atom. The molecule has 3 rings (SSSR count). The number of hydrogen-bond donors (Lipinski definition) is 1. The molecule has 0 radical (unpaired) electrons. The number of nitrogens with one attached hydrogen (secondary N) is 1. The van der Waals surface area contributed by atoms with Crippen LogP contribution in [0, 0.1) is 12.8 Å². The summed E-state index contributed by atoms with van der Waals surface area (Å²) in [6.07, 6.45) is 0.325. The maximum Gasteiger partial charge on any atom is 0.229 e. The van der Waals surface area contributed by atoms with Crippen molar-refractivity contribution in [3.8, 4) is 5.75 Å². The highest BCUT2D eigenvalue weighted by Crippen LogP contribution is 2.28. The molecule has 1 saturated heterocycles. The van der Waals surface area contributed by atoms with Gasteiger partial charge in [-0.15, -0.1) is 0 Å². The van der Waals surface area contributed by atoms with Gasteiger partial charge in [0, 0.05) is 24.3 Å². The van der Waals surface area contributed by atoms with E-state index in [-0.39, 0.29) is 30.3 Å². The van der Waals surface area contributed by atoms with Crippen LogP contribution in [0.25, 0.3) is 0 Å². The van der Waals surface area contributed by atoms with Crippen LogP contribution in [-0.4, -0.2) is 24.5 Å². The van der Waals surface area contributed by atoms with Crippen molar-refractivity contribution in [2.24, 2.45) is 5.92 Å². The zero-order chi connectivity index (χ0) is 18.7. The molecular formula is C21H24N2O3. The fourth-order valence-electron chi connectivity index (χ4n) is 3.06. The van der Waals surface area contributed by atoms with E-state index in [1.54, 1.807) is 4.90 Å². The Morgan fingerprint density at radius 3 is 2.50 bits per heavy atom. The second kappa shape index (κ2) is 7.60. The number of ether oxygens (including phenoxy) is 1. The number of anilines is 2. The van der Waals surface area contributed by atoms with Crippen molar-refractivity contribution in [2.45, 2.75) is 33.3 Å². The van der Waals surface area contributed by atoms with E-state index in [0.717, 1.165) is 22.7 Å². The highest BCUT2D eigenvalue weighted by molar-refractivity contribution is 6.03. The summed E-state index contributed by atoms with van der Waals surface area (Å²) in [5.74, 6) is 0.264. The quantitative estimate of drug-likeness (QED) is 0.891. The summed E-state index contributed by atoms with van der Waals surface area (Å²) < 4.78 is 5.63. The van der Waals surface area contributed by atoms with Crippen LogP contribution in [0.2, 0.25) is 0 Å². The minimum absolute atomic E-state index is 0.0348. The molecule has 1 aliphatic heterocycles. The predicted molar refractivity (Wildman–Crippen MR) is 102 cm³/mol. The second-order valence-electron chi connectivity index (χ2n) is 6.87. The van der Waals surface area contributed by atoms with Crippen LogP contribution in [0.4, 0.5) is 11.4 Å². The highest BCUT2D eigenvalue weighted by atomic mass is 16.5. The average Bonchev–Trinajstić information content (AvgIpc) is 2.99. The number of carbonyl (C=O) groups is 2. The molecule has 0 aliphatic carbocycles. The summed E-state index contributed by atoms with van der Waals surface area (Å²) in [5.41, 5.74) is 2.58. The molecule has 26 heavy (non-hydrogen) atoms. The van der Waals surface area contributed by atoms with E-state index in [2.05, 4.69) is 5.32 Å². The lowest BCUT2D eigenvalue weighted by Gasteiger charge is -2.18.